The molecule has 10 heavy (non-hydrogen) atoms. The van der Waals surface area contributed by atoms with E-state index in [-0.39, 0.29) is 6.04 Å². The molecule has 0 saturated carbocycles. The number of carbonyl (C=O) groups excluding carboxylic acids is 1. The van der Waals surface area contributed by atoms with Crippen LogP contribution >= 0.6 is 0 Å². The largest absolute Gasteiger partial charge is 0.351 e. The lowest BCUT2D eigenvalue weighted by Gasteiger charge is -2.22. The van der Waals surface area contributed by atoms with Gasteiger partial charge in [-0.3, -0.25) is 0 Å². The molecule has 3 nitrogen and oxygen atoms in total. The molecule has 0 aromatic heterocycles. The van der Waals surface area contributed by atoms with Crippen molar-refractivity contribution >= 4 is 6.03 Å². The summed E-state index contributed by atoms with van der Waals surface area (Å²) in [6, 6.07) is -0.245. The van der Waals surface area contributed by atoms with E-state index in [1.807, 2.05) is 13.8 Å². The molecular weight excluding hydrogens is 128 g/mol. The Morgan fingerprint density at radius 3 is 2.40 bits per heavy atom. The van der Waals surface area contributed by atoms with Crippen LogP contribution in [0.4, 0.5) is 4.79 Å². The van der Waals surface area contributed by atoms with Crippen molar-refractivity contribution in [1.82, 2.24) is 4.90 Å². The Morgan fingerprint density at radius 1 is 1.80 bits per heavy atom. The van der Waals surface area contributed by atoms with Gasteiger partial charge in [-0.25, -0.2) is 4.79 Å². The molecule has 0 bridgehead atoms. The van der Waals surface area contributed by atoms with Crippen LogP contribution in [-0.4, -0.2) is 23.5 Å². The number of hydrogen-bond acceptors (Lipinski definition) is 1. The first kappa shape index (κ1) is 9.01. The zero-order chi connectivity index (χ0) is 8.15. The minimum atomic E-state index is -0.394. The molecule has 0 fully saturated rings. The minimum Gasteiger partial charge on any atom is -0.351 e. The summed E-state index contributed by atoms with van der Waals surface area (Å²) in [5, 5.41) is 0. The molecule has 0 spiro atoms. The van der Waals surface area contributed by atoms with Crippen LogP contribution in [0.15, 0.2) is 12.7 Å². The summed E-state index contributed by atoms with van der Waals surface area (Å²) in [6.45, 7) is 7.86. The van der Waals surface area contributed by atoms with Crippen molar-refractivity contribution in [2.24, 2.45) is 5.73 Å². The third-order valence-electron chi connectivity index (χ3n) is 1.23. The second-order valence-electron chi connectivity index (χ2n) is 2.37. The van der Waals surface area contributed by atoms with Gasteiger partial charge in [-0.1, -0.05) is 6.08 Å². The van der Waals surface area contributed by atoms with E-state index in [4.69, 9.17) is 5.73 Å². The van der Waals surface area contributed by atoms with Gasteiger partial charge in [0.25, 0.3) is 0 Å². The predicted octanol–water partition coefficient (Wildman–Crippen LogP) is 0.962. The van der Waals surface area contributed by atoms with Gasteiger partial charge in [0.1, 0.15) is 0 Å². The molecule has 0 heterocycles. The molecule has 3 heteroatoms. The molecule has 0 aliphatic heterocycles. The van der Waals surface area contributed by atoms with Gasteiger partial charge in [0.2, 0.25) is 0 Å². The van der Waals surface area contributed by atoms with Crippen molar-refractivity contribution in [2.75, 3.05) is 6.54 Å². The molecule has 0 atom stereocenters. The molecule has 0 unspecified atom stereocenters. The highest BCUT2D eigenvalue weighted by molar-refractivity contribution is 5.72. The second-order valence-corrected chi connectivity index (χ2v) is 2.37. The lowest BCUT2D eigenvalue weighted by atomic mass is 10.3. The number of nitrogens with zero attached hydrogens (tertiary/aromatic N) is 1. The highest BCUT2D eigenvalue weighted by atomic mass is 16.2. The van der Waals surface area contributed by atoms with Crippen molar-refractivity contribution in [2.45, 2.75) is 19.9 Å². The van der Waals surface area contributed by atoms with Crippen LogP contribution in [0.5, 0.6) is 0 Å². The summed E-state index contributed by atoms with van der Waals surface area (Å²) >= 11 is 0. The van der Waals surface area contributed by atoms with E-state index in [1.165, 1.54) is 4.90 Å². The minimum absolute atomic E-state index is 0.149. The van der Waals surface area contributed by atoms with Gasteiger partial charge in [-0.2, -0.15) is 0 Å². The fourth-order valence-corrected chi connectivity index (χ4v) is 0.694. The Kier molecular flexibility index (Phi) is 3.54. The van der Waals surface area contributed by atoms with E-state index in [1.54, 1.807) is 6.08 Å². The summed E-state index contributed by atoms with van der Waals surface area (Å²) < 4.78 is 0. The van der Waals surface area contributed by atoms with Crippen molar-refractivity contribution in [1.29, 1.82) is 0 Å². The average Bonchev–Trinajstić information content (AvgIpc) is 1.81. The summed E-state index contributed by atoms with van der Waals surface area (Å²) in [4.78, 5) is 12.2. The van der Waals surface area contributed by atoms with Gasteiger partial charge in [-0.15, -0.1) is 6.58 Å². The maximum atomic E-state index is 10.6. The van der Waals surface area contributed by atoms with Gasteiger partial charge >= 0.3 is 6.03 Å². The fraction of sp³-hybridized carbons (Fsp3) is 0.571. The Hall–Kier alpha value is -0.990. The van der Waals surface area contributed by atoms with Crippen molar-refractivity contribution < 1.29 is 4.79 Å². The molecule has 0 rings (SSSR count). The van der Waals surface area contributed by atoms with Crippen molar-refractivity contribution in [3.8, 4) is 0 Å². The van der Waals surface area contributed by atoms with Crippen molar-refractivity contribution in [3.05, 3.63) is 12.7 Å². The number of carbonyl (C=O) groups is 1. The van der Waals surface area contributed by atoms with Crippen LogP contribution in [0, 0.1) is 0 Å². The number of hydrogen-bond donors (Lipinski definition) is 1. The Labute approximate surface area is 61.5 Å². The maximum Gasteiger partial charge on any atom is 0.315 e. The third-order valence-corrected chi connectivity index (χ3v) is 1.23. The highest BCUT2D eigenvalue weighted by Gasteiger charge is 2.09. The van der Waals surface area contributed by atoms with E-state index in [9.17, 15) is 4.79 Å². The lowest BCUT2D eigenvalue weighted by Crippen LogP contribution is -2.40. The SMILES string of the molecule is C=CCN(C(N)=O)C(C)C. The van der Waals surface area contributed by atoms with E-state index in [0.717, 1.165) is 0 Å². The summed E-state index contributed by atoms with van der Waals surface area (Å²) in [5.74, 6) is 0. The van der Waals surface area contributed by atoms with Gasteiger partial charge in [0.15, 0.2) is 0 Å². The van der Waals surface area contributed by atoms with Crippen LogP contribution in [0.2, 0.25) is 0 Å². The zero-order valence-electron chi connectivity index (χ0n) is 6.50. The quantitative estimate of drug-likeness (QED) is 0.586. The number of nitrogens with two attached hydrogens (primary N) is 1. The van der Waals surface area contributed by atoms with Crippen LogP contribution in [0.3, 0.4) is 0 Å². The van der Waals surface area contributed by atoms with Crippen molar-refractivity contribution in [3.63, 3.8) is 0 Å². The first-order valence-electron chi connectivity index (χ1n) is 3.26. The third kappa shape index (κ3) is 2.53. The average molecular weight is 142 g/mol. The second kappa shape index (κ2) is 3.93. The Morgan fingerprint density at radius 2 is 2.30 bits per heavy atom. The standard InChI is InChI=1S/C7H14N2O/c1-4-5-9(6(2)3)7(8)10/h4,6H,1,5H2,2-3H3,(H2,8,10). The van der Waals surface area contributed by atoms with Gasteiger partial charge in [0, 0.05) is 12.6 Å². The first-order valence-corrected chi connectivity index (χ1v) is 3.26. The summed E-state index contributed by atoms with van der Waals surface area (Å²) in [6.07, 6.45) is 1.66. The number of rotatable bonds is 3. The van der Waals surface area contributed by atoms with Gasteiger partial charge in [0.05, 0.1) is 0 Å². The van der Waals surface area contributed by atoms with E-state index >= 15 is 0 Å². The van der Waals surface area contributed by atoms with Gasteiger partial charge in [-0.05, 0) is 13.8 Å². The molecule has 0 aromatic rings. The fourth-order valence-electron chi connectivity index (χ4n) is 0.694. The zero-order valence-corrected chi connectivity index (χ0v) is 6.50. The van der Waals surface area contributed by atoms with Crippen LogP contribution in [0.25, 0.3) is 0 Å². The van der Waals surface area contributed by atoms with Gasteiger partial charge < -0.3 is 10.6 Å². The van der Waals surface area contributed by atoms with Crippen LogP contribution in [0.1, 0.15) is 13.8 Å². The molecule has 2 amide bonds. The smallest absolute Gasteiger partial charge is 0.315 e. The Bertz CT molecular complexity index is 132. The lowest BCUT2D eigenvalue weighted by molar-refractivity contribution is 0.200. The first-order chi connectivity index (χ1) is 4.59. The Balaban J connectivity index is 3.97. The molecule has 0 aliphatic rings. The summed E-state index contributed by atoms with van der Waals surface area (Å²) in [5.41, 5.74) is 5.06. The molecule has 0 saturated heterocycles. The van der Waals surface area contributed by atoms with E-state index in [2.05, 4.69) is 6.58 Å². The number of primary amides is 1. The number of urea groups is 1. The van der Waals surface area contributed by atoms with Crippen LogP contribution in [-0.2, 0) is 0 Å². The molecule has 2 N–H and O–H groups in total. The van der Waals surface area contributed by atoms with E-state index < -0.39 is 6.03 Å². The predicted molar refractivity (Wildman–Crippen MR) is 41.6 cm³/mol. The molecule has 0 aromatic carbocycles. The maximum absolute atomic E-state index is 10.6. The van der Waals surface area contributed by atoms with E-state index in [0.29, 0.717) is 6.54 Å². The van der Waals surface area contributed by atoms with Crippen LogP contribution < -0.4 is 5.73 Å². The molecular formula is C7H14N2O. The monoisotopic (exact) mass is 142 g/mol. The topological polar surface area (TPSA) is 46.3 Å². The molecule has 0 aliphatic carbocycles. The highest BCUT2D eigenvalue weighted by Crippen LogP contribution is 1.95. The summed E-state index contributed by atoms with van der Waals surface area (Å²) in [7, 11) is 0. The number of amides is 2. The normalized spacial score (nSPS) is 9.50. The molecule has 0 radical (unpaired) electrons. The molecule has 58 valence electrons.